The second kappa shape index (κ2) is 6.91. The Balaban J connectivity index is 1.98. The highest BCUT2D eigenvalue weighted by atomic mass is 32.2. The average Bonchev–Trinajstić information content (AvgIpc) is 3.03. The summed E-state index contributed by atoms with van der Waals surface area (Å²) in [6.45, 7) is 8.02. The maximum absolute atomic E-state index is 12.7. The Labute approximate surface area is 164 Å². The van der Waals surface area contributed by atoms with Crippen molar-refractivity contribution in [2.45, 2.75) is 38.0 Å². The average molecular weight is 398 g/mol. The monoisotopic (exact) mass is 398 g/mol. The SMILES string of the molecule is Cc1ccc(S(=O)(=O)n2ccn(C(=O)c3ccc(C(C)(C)C)cc3)c2=O)cc1. The van der Waals surface area contributed by atoms with Crippen LogP contribution in [0.5, 0.6) is 0 Å². The molecule has 1 heterocycles. The topological polar surface area (TPSA) is 78.1 Å². The number of imidazole rings is 1. The Kier molecular flexibility index (Phi) is 4.89. The van der Waals surface area contributed by atoms with Gasteiger partial charge in [-0.1, -0.05) is 50.6 Å². The maximum Gasteiger partial charge on any atom is 0.349 e. The van der Waals surface area contributed by atoms with Gasteiger partial charge in [0.15, 0.2) is 0 Å². The molecule has 2 aromatic carbocycles. The van der Waals surface area contributed by atoms with E-state index in [-0.39, 0.29) is 10.3 Å². The summed E-state index contributed by atoms with van der Waals surface area (Å²) in [6, 6.07) is 13.1. The van der Waals surface area contributed by atoms with E-state index in [1.165, 1.54) is 18.3 Å². The van der Waals surface area contributed by atoms with E-state index in [1.807, 2.05) is 19.1 Å². The van der Waals surface area contributed by atoms with Gasteiger partial charge in [-0.15, -0.1) is 0 Å². The van der Waals surface area contributed by atoms with Gasteiger partial charge >= 0.3 is 5.69 Å². The minimum atomic E-state index is -4.08. The van der Waals surface area contributed by atoms with E-state index in [0.717, 1.165) is 21.9 Å². The van der Waals surface area contributed by atoms with E-state index < -0.39 is 21.6 Å². The Hall–Kier alpha value is -2.93. The quantitative estimate of drug-likeness (QED) is 0.679. The number of hydrogen-bond acceptors (Lipinski definition) is 4. The Morgan fingerprint density at radius 3 is 2.00 bits per heavy atom. The highest BCUT2D eigenvalue weighted by molar-refractivity contribution is 7.90. The van der Waals surface area contributed by atoms with E-state index >= 15 is 0 Å². The van der Waals surface area contributed by atoms with Gasteiger partial charge in [-0.2, -0.15) is 3.97 Å². The van der Waals surface area contributed by atoms with Crippen LogP contribution in [0.25, 0.3) is 0 Å². The van der Waals surface area contributed by atoms with Crippen LogP contribution in [0.3, 0.4) is 0 Å². The highest BCUT2D eigenvalue weighted by Gasteiger charge is 2.23. The zero-order valence-corrected chi connectivity index (χ0v) is 17.0. The molecule has 0 fully saturated rings. The van der Waals surface area contributed by atoms with Gasteiger partial charge in [0.05, 0.1) is 4.90 Å². The summed E-state index contributed by atoms with van der Waals surface area (Å²) in [4.78, 5) is 25.3. The Morgan fingerprint density at radius 1 is 0.893 bits per heavy atom. The molecule has 0 bridgehead atoms. The smallest absolute Gasteiger partial charge is 0.268 e. The van der Waals surface area contributed by atoms with Crippen LogP contribution < -0.4 is 5.69 Å². The summed E-state index contributed by atoms with van der Waals surface area (Å²) < 4.78 is 26.8. The second-order valence-corrected chi connectivity index (χ2v) is 9.51. The third kappa shape index (κ3) is 3.57. The van der Waals surface area contributed by atoms with Gasteiger partial charge in [-0.25, -0.2) is 17.8 Å². The number of carbonyl (C=O) groups is 1. The van der Waals surface area contributed by atoms with Crippen molar-refractivity contribution >= 4 is 15.9 Å². The molecular formula is C21H22N2O4S. The molecule has 3 rings (SSSR count). The zero-order valence-electron chi connectivity index (χ0n) is 16.2. The summed E-state index contributed by atoms with van der Waals surface area (Å²) in [5.74, 6) is -0.580. The van der Waals surface area contributed by atoms with Crippen LogP contribution in [-0.4, -0.2) is 22.9 Å². The van der Waals surface area contributed by atoms with Crippen molar-refractivity contribution < 1.29 is 13.2 Å². The normalized spacial score (nSPS) is 12.1. The molecule has 0 aliphatic carbocycles. The molecule has 0 unspecified atom stereocenters. The Morgan fingerprint density at radius 2 is 1.46 bits per heavy atom. The minimum Gasteiger partial charge on any atom is -0.268 e. The summed E-state index contributed by atoms with van der Waals surface area (Å²) in [5.41, 5.74) is 1.27. The van der Waals surface area contributed by atoms with Crippen molar-refractivity contribution in [3.8, 4) is 0 Å². The van der Waals surface area contributed by atoms with Gasteiger partial charge in [0.25, 0.3) is 15.9 Å². The standard InChI is InChI=1S/C21H22N2O4S/c1-15-5-11-18(12-6-15)28(26,27)23-14-13-22(20(23)25)19(24)16-7-9-17(10-8-16)21(2,3)4/h5-14H,1-4H3. The summed E-state index contributed by atoms with van der Waals surface area (Å²) in [5, 5.41) is 0. The molecule has 0 aliphatic rings. The van der Waals surface area contributed by atoms with Gasteiger partial charge in [-0.05, 0) is 42.2 Å². The molecule has 0 N–H and O–H groups in total. The van der Waals surface area contributed by atoms with Gasteiger partial charge in [0, 0.05) is 18.0 Å². The van der Waals surface area contributed by atoms with Crippen LogP contribution in [0, 0.1) is 6.92 Å². The van der Waals surface area contributed by atoms with Crippen molar-refractivity contribution in [1.29, 1.82) is 0 Å². The fourth-order valence-corrected chi connectivity index (χ4v) is 3.99. The molecular weight excluding hydrogens is 376 g/mol. The molecule has 0 spiro atoms. The van der Waals surface area contributed by atoms with E-state index in [9.17, 15) is 18.0 Å². The summed E-state index contributed by atoms with van der Waals surface area (Å²) in [7, 11) is -4.08. The van der Waals surface area contributed by atoms with Crippen LogP contribution in [0.15, 0.2) is 70.6 Å². The first-order valence-electron chi connectivity index (χ1n) is 8.79. The number of rotatable bonds is 3. The molecule has 1 aromatic heterocycles. The lowest BCUT2D eigenvalue weighted by Gasteiger charge is -2.18. The van der Waals surface area contributed by atoms with Crippen molar-refractivity contribution in [3.63, 3.8) is 0 Å². The first-order valence-corrected chi connectivity index (χ1v) is 10.2. The number of benzene rings is 2. The molecule has 7 heteroatoms. The fraction of sp³-hybridized carbons (Fsp3) is 0.238. The predicted octanol–water partition coefficient (Wildman–Crippen LogP) is 3.18. The number of aryl methyl sites for hydroxylation is 1. The van der Waals surface area contributed by atoms with Crippen molar-refractivity contribution in [2.24, 2.45) is 0 Å². The molecule has 0 aliphatic heterocycles. The first-order chi connectivity index (χ1) is 13.0. The van der Waals surface area contributed by atoms with Crippen LogP contribution in [-0.2, 0) is 15.4 Å². The fourth-order valence-electron chi connectivity index (χ4n) is 2.77. The molecule has 0 radical (unpaired) electrons. The third-order valence-electron chi connectivity index (χ3n) is 4.54. The van der Waals surface area contributed by atoms with Crippen molar-refractivity contribution in [3.05, 3.63) is 88.1 Å². The van der Waals surface area contributed by atoms with Crippen molar-refractivity contribution in [1.82, 2.24) is 8.54 Å². The van der Waals surface area contributed by atoms with Gasteiger partial charge in [0.2, 0.25) is 0 Å². The predicted molar refractivity (Wildman–Crippen MR) is 107 cm³/mol. The molecule has 0 atom stereocenters. The third-order valence-corrected chi connectivity index (χ3v) is 6.20. The van der Waals surface area contributed by atoms with Gasteiger partial charge in [-0.3, -0.25) is 4.79 Å². The summed E-state index contributed by atoms with van der Waals surface area (Å²) in [6.07, 6.45) is 2.27. The van der Waals surface area contributed by atoms with Gasteiger partial charge in [0.1, 0.15) is 0 Å². The van der Waals surface area contributed by atoms with E-state index in [4.69, 9.17) is 0 Å². The zero-order chi connectivity index (χ0) is 20.7. The lowest BCUT2D eigenvalue weighted by molar-refractivity contribution is 0.0956. The van der Waals surface area contributed by atoms with E-state index in [1.54, 1.807) is 24.3 Å². The number of carbonyl (C=O) groups excluding carboxylic acids is 1. The van der Waals surface area contributed by atoms with Crippen LogP contribution >= 0.6 is 0 Å². The molecule has 6 nitrogen and oxygen atoms in total. The van der Waals surface area contributed by atoms with Crippen LogP contribution in [0.2, 0.25) is 0 Å². The summed E-state index contributed by atoms with van der Waals surface area (Å²) >= 11 is 0. The van der Waals surface area contributed by atoms with Crippen LogP contribution in [0.4, 0.5) is 0 Å². The maximum atomic E-state index is 12.7. The lowest BCUT2D eigenvalue weighted by Crippen LogP contribution is -2.32. The lowest BCUT2D eigenvalue weighted by atomic mass is 9.87. The van der Waals surface area contributed by atoms with E-state index in [0.29, 0.717) is 9.54 Å². The molecule has 3 aromatic rings. The molecule has 28 heavy (non-hydrogen) atoms. The van der Waals surface area contributed by atoms with Crippen molar-refractivity contribution in [2.75, 3.05) is 0 Å². The Bertz CT molecular complexity index is 1180. The minimum absolute atomic E-state index is 0.0140. The largest absolute Gasteiger partial charge is 0.349 e. The van der Waals surface area contributed by atoms with E-state index in [2.05, 4.69) is 20.8 Å². The number of nitrogens with zero attached hydrogens (tertiary/aromatic N) is 2. The first kappa shape index (κ1) is 19.8. The molecule has 0 amide bonds. The molecule has 0 saturated carbocycles. The number of aromatic nitrogens is 2. The number of hydrogen-bond donors (Lipinski definition) is 0. The molecule has 146 valence electrons. The molecule has 0 saturated heterocycles. The second-order valence-electron chi connectivity index (χ2n) is 7.70. The van der Waals surface area contributed by atoms with Crippen LogP contribution in [0.1, 0.15) is 42.3 Å². The van der Waals surface area contributed by atoms with Gasteiger partial charge < -0.3 is 0 Å². The highest BCUT2D eigenvalue weighted by Crippen LogP contribution is 2.22.